The van der Waals surface area contributed by atoms with Crippen LogP contribution >= 0.6 is 0 Å². The quantitative estimate of drug-likeness (QED) is 0.666. The summed E-state index contributed by atoms with van der Waals surface area (Å²) in [6.45, 7) is 0.554. The van der Waals surface area contributed by atoms with Gasteiger partial charge in [0, 0.05) is 30.2 Å². The van der Waals surface area contributed by atoms with Crippen molar-refractivity contribution < 1.29 is 9.59 Å². The maximum Gasteiger partial charge on any atom is 0.251 e. The van der Waals surface area contributed by atoms with Crippen LogP contribution in [0, 0.1) is 0 Å². The van der Waals surface area contributed by atoms with Crippen molar-refractivity contribution in [2.24, 2.45) is 0 Å². The average molecular weight is 374 g/mol. The number of carbonyl (C=O) groups excluding carboxylic acids is 2. The van der Waals surface area contributed by atoms with E-state index >= 15 is 0 Å². The van der Waals surface area contributed by atoms with Crippen LogP contribution in [0.3, 0.4) is 0 Å². The highest BCUT2D eigenvalue weighted by Gasteiger charge is 2.10. The molecule has 1 aromatic heterocycles. The standard InChI is InChI=1S/C22H22N4O2/c1-26(20-11-3-2-4-12-20)16-21(27)25-18-10-7-8-17(14-18)22(28)24-15-19-9-5-6-13-23-19/h2-14H,15-16H2,1H3,(H,24,28)(H,25,27). The molecule has 28 heavy (non-hydrogen) atoms. The Labute approximate surface area is 164 Å². The molecule has 2 aromatic carbocycles. The van der Waals surface area contributed by atoms with Crippen LogP contribution in [0.1, 0.15) is 16.1 Å². The summed E-state index contributed by atoms with van der Waals surface area (Å²) in [7, 11) is 1.86. The number of likely N-dealkylation sites (N-methyl/N-ethyl adjacent to an activating group) is 1. The Morgan fingerprint density at radius 2 is 1.75 bits per heavy atom. The van der Waals surface area contributed by atoms with Gasteiger partial charge in [-0.1, -0.05) is 30.3 Å². The van der Waals surface area contributed by atoms with Crippen molar-refractivity contribution >= 4 is 23.2 Å². The summed E-state index contributed by atoms with van der Waals surface area (Å²) < 4.78 is 0. The number of pyridine rings is 1. The minimum atomic E-state index is -0.219. The molecule has 2 amide bonds. The van der Waals surface area contributed by atoms with Crippen LogP contribution in [0.5, 0.6) is 0 Å². The lowest BCUT2D eigenvalue weighted by atomic mass is 10.2. The number of para-hydroxylation sites is 1. The zero-order valence-corrected chi connectivity index (χ0v) is 15.6. The van der Waals surface area contributed by atoms with E-state index in [2.05, 4.69) is 15.6 Å². The highest BCUT2D eigenvalue weighted by Crippen LogP contribution is 2.13. The molecule has 0 saturated heterocycles. The van der Waals surface area contributed by atoms with E-state index in [4.69, 9.17) is 0 Å². The van der Waals surface area contributed by atoms with Gasteiger partial charge in [0.1, 0.15) is 0 Å². The first-order valence-electron chi connectivity index (χ1n) is 8.96. The lowest BCUT2D eigenvalue weighted by Gasteiger charge is -2.18. The fourth-order valence-electron chi connectivity index (χ4n) is 2.70. The maximum absolute atomic E-state index is 12.4. The Bertz CT molecular complexity index is 930. The average Bonchev–Trinajstić information content (AvgIpc) is 2.73. The Kier molecular flexibility index (Phi) is 6.36. The minimum absolute atomic E-state index is 0.155. The lowest BCUT2D eigenvalue weighted by molar-refractivity contribution is -0.114. The third-order valence-electron chi connectivity index (χ3n) is 4.14. The molecule has 142 valence electrons. The van der Waals surface area contributed by atoms with Crippen molar-refractivity contribution in [3.05, 3.63) is 90.3 Å². The number of amides is 2. The van der Waals surface area contributed by atoms with Gasteiger partial charge in [0.05, 0.1) is 18.8 Å². The molecule has 3 rings (SSSR count). The molecule has 0 radical (unpaired) electrons. The predicted molar refractivity (Wildman–Crippen MR) is 110 cm³/mol. The van der Waals surface area contributed by atoms with Crippen LogP contribution in [-0.4, -0.2) is 30.4 Å². The van der Waals surface area contributed by atoms with Crippen molar-refractivity contribution in [1.82, 2.24) is 10.3 Å². The molecule has 6 nitrogen and oxygen atoms in total. The highest BCUT2D eigenvalue weighted by atomic mass is 16.2. The molecule has 1 heterocycles. The summed E-state index contributed by atoms with van der Waals surface area (Å²) in [5.41, 5.74) is 2.80. The summed E-state index contributed by atoms with van der Waals surface area (Å²) in [6, 6.07) is 22.1. The lowest BCUT2D eigenvalue weighted by Crippen LogP contribution is -2.30. The first-order valence-corrected chi connectivity index (χ1v) is 8.96. The second kappa shape index (κ2) is 9.32. The number of benzene rings is 2. The van der Waals surface area contributed by atoms with Crippen LogP contribution in [0.25, 0.3) is 0 Å². The zero-order chi connectivity index (χ0) is 19.8. The van der Waals surface area contributed by atoms with Crippen molar-refractivity contribution in [2.75, 3.05) is 23.8 Å². The molecule has 0 bridgehead atoms. The third kappa shape index (κ3) is 5.41. The van der Waals surface area contributed by atoms with Crippen LogP contribution in [-0.2, 0) is 11.3 Å². The molecular formula is C22H22N4O2. The van der Waals surface area contributed by atoms with Gasteiger partial charge in [0.25, 0.3) is 5.91 Å². The van der Waals surface area contributed by atoms with Crippen LogP contribution in [0.2, 0.25) is 0 Å². The van der Waals surface area contributed by atoms with E-state index in [0.29, 0.717) is 17.8 Å². The van der Waals surface area contributed by atoms with Crippen molar-refractivity contribution in [3.63, 3.8) is 0 Å². The van der Waals surface area contributed by atoms with E-state index in [9.17, 15) is 9.59 Å². The monoisotopic (exact) mass is 374 g/mol. The van der Waals surface area contributed by atoms with Gasteiger partial charge < -0.3 is 15.5 Å². The van der Waals surface area contributed by atoms with E-state index in [0.717, 1.165) is 11.4 Å². The summed E-state index contributed by atoms with van der Waals surface area (Å²) in [5, 5.41) is 5.67. The molecule has 0 aliphatic carbocycles. The molecule has 3 aromatic rings. The summed E-state index contributed by atoms with van der Waals surface area (Å²) in [4.78, 5) is 30.7. The maximum atomic E-state index is 12.4. The fraction of sp³-hybridized carbons (Fsp3) is 0.136. The van der Waals surface area contributed by atoms with Gasteiger partial charge in [-0.3, -0.25) is 14.6 Å². The Hall–Kier alpha value is -3.67. The van der Waals surface area contributed by atoms with Gasteiger partial charge >= 0.3 is 0 Å². The Balaban J connectivity index is 1.56. The third-order valence-corrected chi connectivity index (χ3v) is 4.14. The molecule has 0 spiro atoms. The Morgan fingerprint density at radius 3 is 2.50 bits per heavy atom. The van der Waals surface area contributed by atoms with Gasteiger partial charge in [-0.05, 0) is 42.5 Å². The molecule has 0 fully saturated rings. The number of carbonyl (C=O) groups is 2. The number of nitrogens with one attached hydrogen (secondary N) is 2. The predicted octanol–water partition coefficient (Wildman–Crippen LogP) is 3.09. The normalized spacial score (nSPS) is 10.2. The summed E-state index contributed by atoms with van der Waals surface area (Å²) in [6.07, 6.45) is 1.68. The summed E-state index contributed by atoms with van der Waals surface area (Å²) >= 11 is 0. The number of rotatable bonds is 7. The van der Waals surface area contributed by atoms with Crippen molar-refractivity contribution in [2.45, 2.75) is 6.54 Å². The SMILES string of the molecule is CN(CC(=O)Nc1cccc(C(=O)NCc2ccccn2)c1)c1ccccc1. The van der Waals surface area contributed by atoms with Gasteiger partial charge in [-0.15, -0.1) is 0 Å². The molecule has 0 unspecified atom stereocenters. The molecule has 0 aliphatic heterocycles. The minimum Gasteiger partial charge on any atom is -0.365 e. The highest BCUT2D eigenvalue weighted by molar-refractivity contribution is 5.98. The number of aromatic nitrogens is 1. The van der Waals surface area contributed by atoms with E-state index in [1.807, 2.05) is 60.5 Å². The smallest absolute Gasteiger partial charge is 0.251 e. The summed E-state index contributed by atoms with van der Waals surface area (Å²) in [5.74, 6) is -0.374. The van der Waals surface area contributed by atoms with E-state index in [1.165, 1.54) is 0 Å². The number of hydrogen-bond donors (Lipinski definition) is 2. The molecule has 2 N–H and O–H groups in total. The van der Waals surface area contributed by atoms with Gasteiger partial charge in [-0.2, -0.15) is 0 Å². The van der Waals surface area contributed by atoms with Gasteiger partial charge in [0.15, 0.2) is 0 Å². The van der Waals surface area contributed by atoms with E-state index in [1.54, 1.807) is 30.5 Å². The topological polar surface area (TPSA) is 74.3 Å². The van der Waals surface area contributed by atoms with E-state index in [-0.39, 0.29) is 18.4 Å². The fourth-order valence-corrected chi connectivity index (χ4v) is 2.70. The molecule has 6 heteroatoms. The van der Waals surface area contributed by atoms with Crippen LogP contribution in [0.15, 0.2) is 79.0 Å². The first kappa shape index (κ1) is 19.1. The largest absolute Gasteiger partial charge is 0.365 e. The number of anilines is 2. The molecule has 0 saturated carbocycles. The first-order chi connectivity index (χ1) is 13.6. The Morgan fingerprint density at radius 1 is 0.964 bits per heavy atom. The second-order valence-corrected chi connectivity index (χ2v) is 6.32. The molecule has 0 aliphatic rings. The number of nitrogens with zero attached hydrogens (tertiary/aromatic N) is 2. The molecule has 0 atom stereocenters. The molecular weight excluding hydrogens is 352 g/mol. The van der Waals surface area contributed by atoms with Crippen LogP contribution < -0.4 is 15.5 Å². The van der Waals surface area contributed by atoms with Crippen molar-refractivity contribution in [1.29, 1.82) is 0 Å². The zero-order valence-electron chi connectivity index (χ0n) is 15.6. The van der Waals surface area contributed by atoms with E-state index < -0.39 is 0 Å². The van der Waals surface area contributed by atoms with Crippen molar-refractivity contribution in [3.8, 4) is 0 Å². The van der Waals surface area contributed by atoms with Gasteiger partial charge in [-0.25, -0.2) is 0 Å². The van der Waals surface area contributed by atoms with Crippen LogP contribution in [0.4, 0.5) is 11.4 Å². The second-order valence-electron chi connectivity index (χ2n) is 6.32. The number of hydrogen-bond acceptors (Lipinski definition) is 4. The van der Waals surface area contributed by atoms with Gasteiger partial charge in [0.2, 0.25) is 5.91 Å².